The Balaban J connectivity index is 1.54. The van der Waals surface area contributed by atoms with E-state index in [1.165, 1.54) is 12.8 Å². The first-order valence-electron chi connectivity index (χ1n) is 10.3. The molecule has 0 spiro atoms. The summed E-state index contributed by atoms with van der Waals surface area (Å²) in [4.78, 5) is 0. The van der Waals surface area contributed by atoms with Gasteiger partial charge in [-0.2, -0.15) is 8.42 Å². The average Bonchev–Trinajstić information content (AvgIpc) is 2.76. The second-order valence-electron chi connectivity index (χ2n) is 10.3. The number of rotatable bonds is 2. The molecule has 0 aliphatic heterocycles. The van der Waals surface area contributed by atoms with Gasteiger partial charge in [-0.1, -0.05) is 13.8 Å². The fourth-order valence-electron chi connectivity index (χ4n) is 7.72. The maximum Gasteiger partial charge on any atom is 0.397 e. The molecule has 4 fully saturated rings. The van der Waals surface area contributed by atoms with E-state index in [4.69, 9.17) is 8.74 Å². The summed E-state index contributed by atoms with van der Waals surface area (Å²) in [6, 6.07) is 0. The van der Waals surface area contributed by atoms with E-state index in [1.54, 1.807) is 0 Å². The first-order valence-corrected chi connectivity index (χ1v) is 11.7. The molecule has 8 atom stereocenters. The molecule has 0 amide bonds. The standard InChI is InChI=1S/C20H34O5S/c1-18-9-6-14(25-26(22,23)24)12-13(18)4-5-15-16(18)7-10-19(2)17(15)8-11-20(19,3)21/h13-17,21H,4-12H2,1-3H3,(H,22,23,24)/t13-,14-,15-,16+,17+,18+,19+,20-/m1/s1. The second kappa shape index (κ2) is 5.91. The van der Waals surface area contributed by atoms with Gasteiger partial charge in [-0.15, -0.1) is 0 Å². The van der Waals surface area contributed by atoms with Gasteiger partial charge in [-0.3, -0.25) is 4.55 Å². The minimum Gasteiger partial charge on any atom is -0.390 e. The Morgan fingerprint density at radius 2 is 1.62 bits per heavy atom. The molecule has 6 heteroatoms. The van der Waals surface area contributed by atoms with Crippen molar-refractivity contribution >= 4 is 10.4 Å². The molecule has 26 heavy (non-hydrogen) atoms. The number of hydrogen-bond acceptors (Lipinski definition) is 4. The van der Waals surface area contributed by atoms with E-state index in [-0.39, 0.29) is 16.9 Å². The van der Waals surface area contributed by atoms with Crippen molar-refractivity contribution in [2.45, 2.75) is 90.3 Å². The molecule has 5 nitrogen and oxygen atoms in total. The Hall–Kier alpha value is -0.170. The summed E-state index contributed by atoms with van der Waals surface area (Å²) >= 11 is 0. The Bertz CT molecular complexity index is 674. The highest BCUT2D eigenvalue weighted by molar-refractivity contribution is 7.80. The van der Waals surface area contributed by atoms with Crippen molar-refractivity contribution in [1.82, 2.24) is 0 Å². The van der Waals surface area contributed by atoms with Crippen molar-refractivity contribution in [3.8, 4) is 0 Å². The molecule has 4 rings (SSSR count). The quantitative estimate of drug-likeness (QED) is 0.702. The molecule has 0 aromatic carbocycles. The highest BCUT2D eigenvalue weighted by atomic mass is 32.3. The fraction of sp³-hybridized carbons (Fsp3) is 1.00. The van der Waals surface area contributed by atoms with Gasteiger partial charge in [0.15, 0.2) is 0 Å². The van der Waals surface area contributed by atoms with Crippen LogP contribution in [0.15, 0.2) is 0 Å². The van der Waals surface area contributed by atoms with E-state index >= 15 is 0 Å². The zero-order chi connectivity index (χ0) is 19.0. The predicted molar refractivity (Wildman–Crippen MR) is 98.8 cm³/mol. The third-order valence-electron chi connectivity index (χ3n) is 9.44. The number of fused-ring (bicyclic) bond motifs is 5. The lowest BCUT2D eigenvalue weighted by Gasteiger charge is -2.61. The molecule has 0 saturated heterocycles. The van der Waals surface area contributed by atoms with Crippen LogP contribution >= 0.6 is 0 Å². The van der Waals surface area contributed by atoms with Gasteiger partial charge in [0.1, 0.15) is 0 Å². The molecule has 4 aliphatic carbocycles. The SMILES string of the molecule is C[C@]12CC[C@@H](OS(=O)(=O)O)C[C@H]1CC[C@@H]1[C@@H]2CC[C@@]2(C)[C@H]1CC[C@@]2(C)O. The lowest BCUT2D eigenvalue weighted by molar-refractivity contribution is -0.152. The van der Waals surface area contributed by atoms with Gasteiger partial charge in [0, 0.05) is 0 Å². The van der Waals surface area contributed by atoms with Gasteiger partial charge in [-0.05, 0) is 99.2 Å². The molecule has 0 bridgehead atoms. The second-order valence-corrected chi connectivity index (χ2v) is 11.4. The van der Waals surface area contributed by atoms with Crippen molar-refractivity contribution in [1.29, 1.82) is 0 Å². The molecule has 0 radical (unpaired) electrons. The van der Waals surface area contributed by atoms with Crippen LogP contribution < -0.4 is 0 Å². The summed E-state index contributed by atoms with van der Waals surface area (Å²) in [5, 5.41) is 11.0. The summed E-state index contributed by atoms with van der Waals surface area (Å²) in [5.74, 6) is 2.43. The lowest BCUT2D eigenvalue weighted by Crippen LogP contribution is -2.56. The minimum absolute atomic E-state index is 0.0443. The van der Waals surface area contributed by atoms with Crippen LogP contribution in [-0.4, -0.2) is 29.8 Å². The molecule has 0 aromatic heterocycles. The fourth-order valence-corrected chi connectivity index (χ4v) is 8.24. The number of aliphatic hydroxyl groups is 1. The first kappa shape index (κ1) is 19.2. The van der Waals surface area contributed by atoms with Gasteiger partial charge < -0.3 is 5.11 Å². The van der Waals surface area contributed by atoms with Crippen molar-refractivity contribution in [3.63, 3.8) is 0 Å². The van der Waals surface area contributed by atoms with Crippen LogP contribution in [0.25, 0.3) is 0 Å². The maximum absolute atomic E-state index is 11.1. The summed E-state index contributed by atoms with van der Waals surface area (Å²) in [7, 11) is -4.37. The van der Waals surface area contributed by atoms with Gasteiger partial charge in [0.05, 0.1) is 11.7 Å². The Morgan fingerprint density at radius 1 is 0.923 bits per heavy atom. The third kappa shape index (κ3) is 2.78. The summed E-state index contributed by atoms with van der Waals surface area (Å²) < 4.78 is 36.1. The van der Waals surface area contributed by atoms with E-state index in [0.29, 0.717) is 30.1 Å². The largest absolute Gasteiger partial charge is 0.397 e. The van der Waals surface area contributed by atoms with Crippen LogP contribution in [0.5, 0.6) is 0 Å². The third-order valence-corrected chi connectivity index (χ3v) is 9.95. The van der Waals surface area contributed by atoms with Crippen molar-refractivity contribution in [3.05, 3.63) is 0 Å². The molecular formula is C20H34O5S. The van der Waals surface area contributed by atoms with Crippen molar-refractivity contribution in [2.24, 2.45) is 34.5 Å². The van der Waals surface area contributed by atoms with E-state index in [1.807, 2.05) is 6.92 Å². The predicted octanol–water partition coefficient (Wildman–Crippen LogP) is 3.97. The molecule has 0 aromatic rings. The van der Waals surface area contributed by atoms with E-state index < -0.39 is 16.0 Å². The van der Waals surface area contributed by atoms with E-state index in [9.17, 15) is 13.5 Å². The number of hydrogen-bond donors (Lipinski definition) is 2. The van der Waals surface area contributed by atoms with Crippen LogP contribution in [0.1, 0.15) is 78.6 Å². The van der Waals surface area contributed by atoms with Gasteiger partial charge in [-0.25, -0.2) is 4.18 Å². The van der Waals surface area contributed by atoms with Crippen molar-refractivity contribution < 1.29 is 22.3 Å². The van der Waals surface area contributed by atoms with Crippen LogP contribution in [0.4, 0.5) is 0 Å². The Kier molecular flexibility index (Phi) is 4.36. The highest BCUT2D eigenvalue weighted by Gasteiger charge is 2.63. The normalized spacial score (nSPS) is 54.3. The topological polar surface area (TPSA) is 83.8 Å². The van der Waals surface area contributed by atoms with Crippen LogP contribution in [0.3, 0.4) is 0 Å². The summed E-state index contributed by atoms with van der Waals surface area (Å²) in [5.41, 5.74) is -0.262. The Labute approximate surface area is 157 Å². The molecular weight excluding hydrogens is 352 g/mol. The molecule has 4 saturated carbocycles. The Morgan fingerprint density at radius 3 is 2.31 bits per heavy atom. The lowest BCUT2D eigenvalue weighted by atomic mass is 9.44. The first-order chi connectivity index (χ1) is 12.0. The van der Waals surface area contributed by atoms with Gasteiger partial charge in [0.25, 0.3) is 0 Å². The van der Waals surface area contributed by atoms with Gasteiger partial charge >= 0.3 is 10.4 Å². The minimum atomic E-state index is -4.37. The smallest absolute Gasteiger partial charge is 0.390 e. The molecule has 0 unspecified atom stereocenters. The van der Waals surface area contributed by atoms with Crippen LogP contribution in [0, 0.1) is 34.5 Å². The summed E-state index contributed by atoms with van der Waals surface area (Å²) in [6.45, 7) is 6.76. The van der Waals surface area contributed by atoms with E-state index in [0.717, 1.165) is 38.5 Å². The molecule has 150 valence electrons. The molecule has 2 N–H and O–H groups in total. The van der Waals surface area contributed by atoms with Gasteiger partial charge in [0.2, 0.25) is 0 Å². The monoisotopic (exact) mass is 386 g/mol. The van der Waals surface area contributed by atoms with Crippen LogP contribution in [0.2, 0.25) is 0 Å². The summed E-state index contributed by atoms with van der Waals surface area (Å²) in [6.07, 6.45) is 8.65. The zero-order valence-electron chi connectivity index (χ0n) is 16.3. The zero-order valence-corrected chi connectivity index (χ0v) is 17.1. The molecule has 4 aliphatic rings. The highest BCUT2D eigenvalue weighted by Crippen LogP contribution is 2.68. The van der Waals surface area contributed by atoms with Crippen LogP contribution in [-0.2, 0) is 14.6 Å². The molecule has 0 heterocycles. The average molecular weight is 387 g/mol. The maximum atomic E-state index is 11.1. The van der Waals surface area contributed by atoms with Crippen molar-refractivity contribution in [2.75, 3.05) is 0 Å². The van der Waals surface area contributed by atoms with E-state index in [2.05, 4.69) is 13.8 Å².